The van der Waals surface area contributed by atoms with E-state index in [4.69, 9.17) is 33.7 Å². The van der Waals surface area contributed by atoms with Crippen molar-refractivity contribution in [1.29, 1.82) is 5.26 Å². The van der Waals surface area contributed by atoms with Crippen LogP contribution in [0.1, 0.15) is 22.7 Å². The number of nitrogens with one attached hydrogen (secondary N) is 1. The second-order valence-electron chi connectivity index (χ2n) is 4.83. The van der Waals surface area contributed by atoms with E-state index in [0.717, 1.165) is 5.69 Å². The van der Waals surface area contributed by atoms with Gasteiger partial charge in [-0.25, -0.2) is 0 Å². The Hall–Kier alpha value is -2.36. The third-order valence-electron chi connectivity index (χ3n) is 3.50. The highest BCUT2D eigenvalue weighted by Crippen LogP contribution is 2.45. The lowest BCUT2D eigenvalue weighted by atomic mass is 9.84. The van der Waals surface area contributed by atoms with Crippen LogP contribution in [0.4, 0.5) is 0 Å². The molecule has 112 valence electrons. The molecule has 1 atom stereocenters. The zero-order valence-electron chi connectivity index (χ0n) is 11.3. The summed E-state index contributed by atoms with van der Waals surface area (Å²) in [6, 6.07) is 5.14. The summed E-state index contributed by atoms with van der Waals surface area (Å²) >= 11 is 12.0. The number of hydrogen-bond acceptors (Lipinski definition) is 5. The smallest absolute Gasteiger partial charge is 0.244 e. The Morgan fingerprint density at radius 1 is 1.41 bits per heavy atom. The van der Waals surface area contributed by atoms with E-state index >= 15 is 0 Å². The lowest BCUT2D eigenvalue weighted by molar-refractivity contribution is 0.378. The number of aromatic nitrogens is 2. The van der Waals surface area contributed by atoms with Crippen LogP contribution in [0.5, 0.6) is 11.6 Å². The molecule has 8 heteroatoms. The molecule has 0 spiro atoms. The summed E-state index contributed by atoms with van der Waals surface area (Å²) in [5.41, 5.74) is 8.08. The number of phenolic OH excluding ortho intramolecular Hbond substituents is 1. The van der Waals surface area contributed by atoms with Crippen LogP contribution in [-0.4, -0.2) is 15.3 Å². The molecule has 0 aliphatic carbocycles. The van der Waals surface area contributed by atoms with E-state index in [-0.39, 0.29) is 27.3 Å². The number of aromatic amines is 1. The van der Waals surface area contributed by atoms with Crippen molar-refractivity contribution in [3.63, 3.8) is 0 Å². The number of rotatable bonds is 1. The van der Waals surface area contributed by atoms with Crippen molar-refractivity contribution in [2.75, 3.05) is 0 Å². The lowest BCUT2D eigenvalue weighted by Gasteiger charge is -2.24. The van der Waals surface area contributed by atoms with Gasteiger partial charge in [0.05, 0.1) is 16.0 Å². The molecule has 3 rings (SSSR count). The molecule has 0 fully saturated rings. The van der Waals surface area contributed by atoms with E-state index in [1.807, 2.05) is 6.92 Å². The Bertz CT molecular complexity index is 828. The van der Waals surface area contributed by atoms with Crippen molar-refractivity contribution >= 4 is 23.2 Å². The molecule has 1 aromatic carbocycles. The van der Waals surface area contributed by atoms with Crippen LogP contribution in [0.25, 0.3) is 0 Å². The minimum Gasteiger partial charge on any atom is -0.505 e. The van der Waals surface area contributed by atoms with Gasteiger partial charge in [0, 0.05) is 11.3 Å². The molecule has 0 saturated heterocycles. The number of halogens is 2. The Kier molecular flexibility index (Phi) is 3.39. The summed E-state index contributed by atoms with van der Waals surface area (Å²) in [5, 5.41) is 26.1. The number of H-pyrrole nitrogens is 1. The van der Waals surface area contributed by atoms with Crippen LogP contribution < -0.4 is 10.5 Å². The monoisotopic (exact) mass is 336 g/mol. The fourth-order valence-corrected chi connectivity index (χ4v) is 2.99. The second-order valence-corrected chi connectivity index (χ2v) is 5.64. The number of hydrogen-bond donors (Lipinski definition) is 3. The van der Waals surface area contributed by atoms with Crippen LogP contribution in [0.2, 0.25) is 10.0 Å². The Labute approximate surface area is 135 Å². The first-order valence-corrected chi connectivity index (χ1v) is 7.00. The lowest BCUT2D eigenvalue weighted by Crippen LogP contribution is -2.21. The Morgan fingerprint density at radius 2 is 2.05 bits per heavy atom. The summed E-state index contributed by atoms with van der Waals surface area (Å²) < 4.78 is 5.37. The van der Waals surface area contributed by atoms with Gasteiger partial charge in [0.25, 0.3) is 0 Å². The van der Waals surface area contributed by atoms with E-state index in [1.54, 1.807) is 12.1 Å². The molecule has 1 unspecified atom stereocenters. The molecule has 1 aromatic heterocycles. The molecule has 0 bridgehead atoms. The maximum Gasteiger partial charge on any atom is 0.244 e. The average Bonchev–Trinajstić information content (AvgIpc) is 2.83. The third-order valence-corrected chi connectivity index (χ3v) is 4.08. The largest absolute Gasteiger partial charge is 0.505 e. The Balaban J connectivity index is 2.28. The van der Waals surface area contributed by atoms with Crippen LogP contribution in [0.3, 0.4) is 0 Å². The van der Waals surface area contributed by atoms with Crippen LogP contribution in [0, 0.1) is 18.3 Å². The summed E-state index contributed by atoms with van der Waals surface area (Å²) in [6.07, 6.45) is 0. The molecular weight excluding hydrogens is 327 g/mol. The number of nitrogens with zero attached hydrogens (tertiary/aromatic N) is 2. The van der Waals surface area contributed by atoms with Gasteiger partial charge in [0.15, 0.2) is 5.75 Å². The SMILES string of the molecule is Cc1[nH]nc2c1C(c1cc(Cl)c(O)c(Cl)c1)C(C#N)=C(N)O2. The normalized spacial score (nSPS) is 16.9. The highest BCUT2D eigenvalue weighted by atomic mass is 35.5. The third kappa shape index (κ3) is 2.06. The van der Waals surface area contributed by atoms with Gasteiger partial charge in [0.2, 0.25) is 11.8 Å². The number of benzene rings is 1. The molecule has 6 nitrogen and oxygen atoms in total. The second kappa shape index (κ2) is 5.13. The van der Waals surface area contributed by atoms with Gasteiger partial charge in [-0.3, -0.25) is 5.10 Å². The molecule has 4 N–H and O–H groups in total. The van der Waals surface area contributed by atoms with Gasteiger partial charge in [-0.2, -0.15) is 5.26 Å². The minimum absolute atomic E-state index is 0.0215. The first-order chi connectivity index (χ1) is 10.4. The summed E-state index contributed by atoms with van der Waals surface area (Å²) in [5.74, 6) is -0.451. The number of phenols is 1. The van der Waals surface area contributed by atoms with E-state index in [1.165, 1.54) is 0 Å². The van der Waals surface area contributed by atoms with E-state index < -0.39 is 5.92 Å². The van der Waals surface area contributed by atoms with Gasteiger partial charge in [-0.15, -0.1) is 5.10 Å². The highest BCUT2D eigenvalue weighted by Gasteiger charge is 2.34. The van der Waals surface area contributed by atoms with Gasteiger partial charge < -0.3 is 15.6 Å². The van der Waals surface area contributed by atoms with Crippen LogP contribution in [-0.2, 0) is 0 Å². The summed E-state index contributed by atoms with van der Waals surface area (Å²) in [6.45, 7) is 1.81. The first-order valence-electron chi connectivity index (χ1n) is 6.24. The Morgan fingerprint density at radius 3 is 2.64 bits per heavy atom. The zero-order valence-corrected chi connectivity index (χ0v) is 12.8. The number of allylic oxidation sites excluding steroid dienone is 1. The van der Waals surface area contributed by atoms with Crippen molar-refractivity contribution in [2.45, 2.75) is 12.8 Å². The molecule has 0 amide bonds. The number of aromatic hydroxyl groups is 1. The average molecular weight is 337 g/mol. The maximum absolute atomic E-state index is 9.71. The van der Waals surface area contributed by atoms with Crippen molar-refractivity contribution in [3.05, 3.63) is 50.5 Å². The number of aryl methyl sites for hydroxylation is 1. The van der Waals surface area contributed by atoms with E-state index in [9.17, 15) is 10.4 Å². The molecular formula is C14H10Cl2N4O2. The van der Waals surface area contributed by atoms with Gasteiger partial charge in [-0.1, -0.05) is 23.2 Å². The van der Waals surface area contributed by atoms with E-state index in [0.29, 0.717) is 17.0 Å². The highest BCUT2D eigenvalue weighted by molar-refractivity contribution is 6.37. The molecule has 0 radical (unpaired) electrons. The molecule has 1 aliphatic heterocycles. The molecule has 2 heterocycles. The molecule has 1 aliphatic rings. The van der Waals surface area contributed by atoms with Crippen LogP contribution in [0.15, 0.2) is 23.6 Å². The van der Waals surface area contributed by atoms with E-state index in [2.05, 4.69) is 16.3 Å². The standard InChI is InChI=1S/C14H10Cl2N4O2/c1-5-10-11(6-2-8(15)12(21)9(16)3-6)7(4-17)13(18)22-14(10)20-19-5/h2-3,11,21H,18H2,1H3,(H,19,20). The number of nitrogens with two attached hydrogens (primary N) is 1. The fraction of sp³-hybridized carbons (Fsp3) is 0.143. The summed E-state index contributed by atoms with van der Waals surface area (Å²) in [4.78, 5) is 0. The van der Waals surface area contributed by atoms with Crippen molar-refractivity contribution < 1.29 is 9.84 Å². The van der Waals surface area contributed by atoms with Crippen molar-refractivity contribution in [3.8, 4) is 17.7 Å². The van der Waals surface area contributed by atoms with Crippen molar-refractivity contribution in [2.24, 2.45) is 5.73 Å². The maximum atomic E-state index is 9.71. The fourth-order valence-electron chi connectivity index (χ4n) is 2.48. The predicted molar refractivity (Wildman–Crippen MR) is 80.7 cm³/mol. The first kappa shape index (κ1) is 14.6. The predicted octanol–water partition coefficient (Wildman–Crippen LogP) is 2.95. The van der Waals surface area contributed by atoms with Gasteiger partial charge in [0.1, 0.15) is 11.6 Å². The molecule has 0 saturated carbocycles. The van der Waals surface area contributed by atoms with Crippen molar-refractivity contribution in [1.82, 2.24) is 10.2 Å². The minimum atomic E-state index is -0.525. The molecule has 2 aromatic rings. The zero-order chi connectivity index (χ0) is 16.0. The summed E-state index contributed by atoms with van der Waals surface area (Å²) in [7, 11) is 0. The number of nitriles is 1. The van der Waals surface area contributed by atoms with Gasteiger partial charge >= 0.3 is 0 Å². The molecule has 22 heavy (non-hydrogen) atoms. The van der Waals surface area contributed by atoms with Crippen LogP contribution >= 0.6 is 23.2 Å². The number of fused-ring (bicyclic) bond motifs is 1. The number of ether oxygens (including phenoxy) is 1. The quantitative estimate of drug-likeness (QED) is 0.741. The van der Waals surface area contributed by atoms with Gasteiger partial charge in [-0.05, 0) is 24.6 Å². The topological polar surface area (TPSA) is 108 Å².